The third kappa shape index (κ3) is 4.39. The number of amides is 2. The van der Waals surface area contributed by atoms with E-state index in [2.05, 4.69) is 22.5 Å². The van der Waals surface area contributed by atoms with Crippen LogP contribution >= 0.6 is 0 Å². The number of carbonyl (C=O) groups excluding carboxylic acids is 2. The summed E-state index contributed by atoms with van der Waals surface area (Å²) in [6.45, 7) is 5.78. The fraction of sp³-hybridized carbons (Fsp3) is 0.278. The van der Waals surface area contributed by atoms with E-state index in [1.54, 1.807) is 12.3 Å². The molecular formula is C18H21N3O2. The second kappa shape index (κ2) is 7.54. The maximum atomic E-state index is 12.0. The number of anilines is 1. The lowest BCUT2D eigenvalue weighted by Gasteiger charge is -2.15. The van der Waals surface area contributed by atoms with E-state index in [0.717, 1.165) is 17.5 Å². The van der Waals surface area contributed by atoms with Crippen LogP contribution in [-0.2, 0) is 16.0 Å². The highest BCUT2D eigenvalue weighted by molar-refractivity contribution is 6.39. The van der Waals surface area contributed by atoms with Crippen molar-refractivity contribution in [3.63, 3.8) is 0 Å². The Labute approximate surface area is 136 Å². The van der Waals surface area contributed by atoms with Gasteiger partial charge in [0.25, 0.3) is 0 Å². The zero-order valence-corrected chi connectivity index (χ0v) is 13.6. The summed E-state index contributed by atoms with van der Waals surface area (Å²) >= 11 is 0. The molecule has 5 heteroatoms. The first-order valence-corrected chi connectivity index (χ1v) is 7.62. The highest BCUT2D eigenvalue weighted by Gasteiger charge is 2.17. The van der Waals surface area contributed by atoms with E-state index in [1.807, 2.05) is 38.1 Å². The van der Waals surface area contributed by atoms with Gasteiger partial charge in [0.1, 0.15) is 0 Å². The van der Waals surface area contributed by atoms with E-state index < -0.39 is 11.8 Å². The van der Waals surface area contributed by atoms with Crippen molar-refractivity contribution in [2.45, 2.75) is 33.2 Å². The van der Waals surface area contributed by atoms with Crippen molar-refractivity contribution >= 4 is 17.5 Å². The standard InChI is InChI=1S/C18H21N3O2/c1-4-14-5-7-15(8-6-14)13(3)20-17(22)18(23)21-16-11-19-10-9-12(16)2/h5-11,13H,4H2,1-3H3,(H,20,22)(H,21,23)/t13-/m0/s1. The lowest BCUT2D eigenvalue weighted by atomic mass is 10.1. The molecule has 0 saturated heterocycles. The van der Waals surface area contributed by atoms with Crippen LogP contribution < -0.4 is 10.6 Å². The average molecular weight is 311 g/mol. The van der Waals surface area contributed by atoms with Crippen LogP contribution in [0.1, 0.15) is 36.6 Å². The van der Waals surface area contributed by atoms with Crippen LogP contribution in [0.4, 0.5) is 5.69 Å². The van der Waals surface area contributed by atoms with Gasteiger partial charge >= 0.3 is 11.8 Å². The first-order chi connectivity index (χ1) is 11.0. The normalized spacial score (nSPS) is 11.6. The van der Waals surface area contributed by atoms with Gasteiger partial charge in [-0.3, -0.25) is 14.6 Å². The molecular weight excluding hydrogens is 290 g/mol. The molecule has 1 aromatic heterocycles. The zero-order valence-electron chi connectivity index (χ0n) is 13.6. The smallest absolute Gasteiger partial charge is 0.313 e. The van der Waals surface area contributed by atoms with E-state index in [0.29, 0.717) is 5.69 Å². The molecule has 1 atom stereocenters. The summed E-state index contributed by atoms with van der Waals surface area (Å²) in [7, 11) is 0. The molecule has 0 bridgehead atoms. The van der Waals surface area contributed by atoms with Crippen molar-refractivity contribution in [2.24, 2.45) is 0 Å². The molecule has 1 heterocycles. The SMILES string of the molecule is CCc1ccc([C@H](C)NC(=O)C(=O)Nc2cnccc2C)cc1. The van der Waals surface area contributed by atoms with Gasteiger partial charge in [0.2, 0.25) is 0 Å². The van der Waals surface area contributed by atoms with Crippen LogP contribution in [0.15, 0.2) is 42.7 Å². The van der Waals surface area contributed by atoms with Gasteiger partial charge < -0.3 is 10.6 Å². The van der Waals surface area contributed by atoms with Gasteiger partial charge in [-0.05, 0) is 43.0 Å². The number of nitrogens with zero attached hydrogens (tertiary/aromatic N) is 1. The van der Waals surface area contributed by atoms with Crippen LogP contribution in [0.5, 0.6) is 0 Å². The second-order valence-electron chi connectivity index (χ2n) is 5.44. The quantitative estimate of drug-likeness (QED) is 0.853. The van der Waals surface area contributed by atoms with Crippen molar-refractivity contribution in [3.8, 4) is 0 Å². The fourth-order valence-electron chi connectivity index (χ4n) is 2.16. The fourth-order valence-corrected chi connectivity index (χ4v) is 2.16. The molecule has 0 aliphatic carbocycles. The van der Waals surface area contributed by atoms with Gasteiger partial charge in [0.05, 0.1) is 17.9 Å². The Balaban J connectivity index is 1.97. The molecule has 23 heavy (non-hydrogen) atoms. The summed E-state index contributed by atoms with van der Waals surface area (Å²) in [4.78, 5) is 27.9. The zero-order chi connectivity index (χ0) is 16.8. The molecule has 2 rings (SSSR count). The monoisotopic (exact) mass is 311 g/mol. The molecule has 1 aromatic carbocycles. The number of benzene rings is 1. The number of rotatable bonds is 4. The van der Waals surface area contributed by atoms with Crippen LogP contribution in [0.3, 0.4) is 0 Å². The predicted molar refractivity (Wildman–Crippen MR) is 90.0 cm³/mol. The Morgan fingerprint density at radius 1 is 1.13 bits per heavy atom. The minimum Gasteiger partial charge on any atom is -0.341 e. The molecule has 2 aromatic rings. The van der Waals surface area contributed by atoms with Crippen molar-refractivity contribution in [2.75, 3.05) is 5.32 Å². The Kier molecular flexibility index (Phi) is 5.46. The maximum absolute atomic E-state index is 12.0. The predicted octanol–water partition coefficient (Wildman–Crippen LogP) is 2.77. The molecule has 0 aliphatic heterocycles. The molecule has 120 valence electrons. The van der Waals surface area contributed by atoms with Crippen molar-refractivity contribution in [3.05, 3.63) is 59.4 Å². The van der Waals surface area contributed by atoms with Gasteiger partial charge in [-0.25, -0.2) is 0 Å². The summed E-state index contributed by atoms with van der Waals surface area (Å²) < 4.78 is 0. The number of pyridine rings is 1. The number of carbonyl (C=O) groups is 2. The molecule has 2 amide bonds. The van der Waals surface area contributed by atoms with Gasteiger partial charge in [0, 0.05) is 6.20 Å². The number of aromatic nitrogens is 1. The van der Waals surface area contributed by atoms with Gasteiger partial charge in [-0.1, -0.05) is 31.2 Å². The van der Waals surface area contributed by atoms with E-state index >= 15 is 0 Å². The van der Waals surface area contributed by atoms with Crippen molar-refractivity contribution < 1.29 is 9.59 Å². The van der Waals surface area contributed by atoms with E-state index in [-0.39, 0.29) is 6.04 Å². The molecule has 0 aliphatic rings. The Morgan fingerprint density at radius 3 is 2.43 bits per heavy atom. The van der Waals surface area contributed by atoms with Crippen molar-refractivity contribution in [1.29, 1.82) is 0 Å². The Bertz CT molecular complexity index is 696. The first kappa shape index (κ1) is 16.7. The minimum absolute atomic E-state index is 0.242. The van der Waals surface area contributed by atoms with Crippen LogP contribution in [0, 0.1) is 6.92 Å². The van der Waals surface area contributed by atoms with E-state index in [9.17, 15) is 9.59 Å². The highest BCUT2D eigenvalue weighted by Crippen LogP contribution is 2.14. The third-order valence-corrected chi connectivity index (χ3v) is 3.73. The lowest BCUT2D eigenvalue weighted by molar-refractivity contribution is -0.136. The molecule has 0 spiro atoms. The van der Waals surface area contributed by atoms with Crippen molar-refractivity contribution in [1.82, 2.24) is 10.3 Å². The first-order valence-electron chi connectivity index (χ1n) is 7.62. The molecule has 0 saturated carbocycles. The van der Waals surface area contributed by atoms with Crippen LogP contribution in [0.2, 0.25) is 0 Å². The molecule has 2 N–H and O–H groups in total. The number of hydrogen-bond donors (Lipinski definition) is 2. The summed E-state index contributed by atoms with van der Waals surface area (Å²) in [5.74, 6) is -1.36. The lowest BCUT2D eigenvalue weighted by Crippen LogP contribution is -2.37. The number of nitrogens with one attached hydrogen (secondary N) is 2. The van der Waals surface area contributed by atoms with E-state index in [4.69, 9.17) is 0 Å². The minimum atomic E-state index is -0.696. The Morgan fingerprint density at radius 2 is 1.83 bits per heavy atom. The van der Waals surface area contributed by atoms with Gasteiger partial charge in [-0.15, -0.1) is 0 Å². The molecule has 5 nitrogen and oxygen atoms in total. The van der Waals surface area contributed by atoms with Crippen LogP contribution in [0.25, 0.3) is 0 Å². The van der Waals surface area contributed by atoms with Crippen LogP contribution in [-0.4, -0.2) is 16.8 Å². The molecule has 0 unspecified atom stereocenters. The summed E-state index contributed by atoms with van der Waals surface area (Å²) in [6.07, 6.45) is 4.12. The summed E-state index contributed by atoms with van der Waals surface area (Å²) in [5.41, 5.74) is 3.58. The van der Waals surface area contributed by atoms with Gasteiger partial charge in [-0.2, -0.15) is 0 Å². The topological polar surface area (TPSA) is 71.1 Å². The third-order valence-electron chi connectivity index (χ3n) is 3.73. The summed E-state index contributed by atoms with van der Waals surface area (Å²) in [6, 6.07) is 9.51. The summed E-state index contributed by atoms with van der Waals surface area (Å²) in [5, 5.41) is 5.27. The number of aryl methyl sites for hydroxylation is 2. The molecule has 0 fully saturated rings. The van der Waals surface area contributed by atoms with Gasteiger partial charge in [0.15, 0.2) is 0 Å². The maximum Gasteiger partial charge on any atom is 0.313 e. The Hall–Kier alpha value is -2.69. The highest BCUT2D eigenvalue weighted by atomic mass is 16.2. The average Bonchev–Trinajstić information content (AvgIpc) is 2.56. The van der Waals surface area contributed by atoms with E-state index in [1.165, 1.54) is 11.8 Å². The molecule has 0 radical (unpaired) electrons. The number of hydrogen-bond acceptors (Lipinski definition) is 3. The largest absolute Gasteiger partial charge is 0.341 e. The second-order valence-corrected chi connectivity index (χ2v) is 5.44.